The zero-order chi connectivity index (χ0) is 18.0. The van der Waals surface area contributed by atoms with E-state index in [0.717, 1.165) is 37.1 Å². The summed E-state index contributed by atoms with van der Waals surface area (Å²) in [6.07, 6.45) is 6.41. The van der Waals surface area contributed by atoms with Crippen molar-refractivity contribution >= 4 is 33.4 Å². The normalized spacial score (nSPS) is 21.9. The van der Waals surface area contributed by atoms with E-state index in [0.29, 0.717) is 10.4 Å². The van der Waals surface area contributed by atoms with E-state index in [1.807, 2.05) is 36.3 Å². The molecule has 0 bridgehead atoms. The van der Waals surface area contributed by atoms with Crippen LogP contribution in [0.5, 0.6) is 0 Å². The summed E-state index contributed by atoms with van der Waals surface area (Å²) < 4.78 is 8.21. The summed E-state index contributed by atoms with van der Waals surface area (Å²) in [5, 5.41) is 0. The first-order chi connectivity index (χ1) is 11.7. The SMILES string of the molecule is CC(C)(C)OC(=O)N1CC2(CC2)C[C@H]1c1nc(Br)c2c(N)nccn12. The Kier molecular flexibility index (Phi) is 3.55. The number of carbonyl (C=O) groups excluding carboxylic acids is 1. The molecule has 3 heterocycles. The number of amides is 1. The number of imidazole rings is 1. The van der Waals surface area contributed by atoms with Gasteiger partial charge in [-0.2, -0.15) is 0 Å². The lowest BCUT2D eigenvalue weighted by Gasteiger charge is -2.28. The summed E-state index contributed by atoms with van der Waals surface area (Å²) >= 11 is 3.48. The van der Waals surface area contributed by atoms with Gasteiger partial charge >= 0.3 is 6.09 Å². The number of hydrogen-bond acceptors (Lipinski definition) is 5. The van der Waals surface area contributed by atoms with Gasteiger partial charge < -0.3 is 10.5 Å². The molecule has 25 heavy (non-hydrogen) atoms. The summed E-state index contributed by atoms with van der Waals surface area (Å²) in [5.74, 6) is 1.21. The standard InChI is InChI=1S/C17H22BrN5O2/c1-16(2,3)25-15(24)23-9-17(4-5-17)8-10(23)14-21-12(18)11-13(19)20-6-7-22(11)14/h6-7,10H,4-5,8-9H2,1-3H3,(H2,19,20)/t10-/m0/s1. The Bertz CT molecular complexity index is 853. The number of anilines is 1. The van der Waals surface area contributed by atoms with Crippen molar-refractivity contribution in [3.63, 3.8) is 0 Å². The minimum atomic E-state index is -0.523. The molecule has 8 heteroatoms. The molecule has 2 aromatic heterocycles. The third-order valence-electron chi connectivity index (χ3n) is 4.96. The van der Waals surface area contributed by atoms with Crippen LogP contribution in [0, 0.1) is 5.41 Å². The second kappa shape index (κ2) is 5.33. The molecule has 1 spiro atoms. The number of fused-ring (bicyclic) bond motifs is 1. The van der Waals surface area contributed by atoms with Gasteiger partial charge in [0.2, 0.25) is 0 Å². The topological polar surface area (TPSA) is 85.8 Å². The van der Waals surface area contributed by atoms with Crippen molar-refractivity contribution in [3.8, 4) is 0 Å². The number of halogens is 1. The highest BCUT2D eigenvalue weighted by atomic mass is 79.9. The highest BCUT2D eigenvalue weighted by Crippen LogP contribution is 2.58. The Morgan fingerprint density at radius 2 is 2.16 bits per heavy atom. The fraction of sp³-hybridized carbons (Fsp3) is 0.588. The number of aromatic nitrogens is 3. The maximum absolute atomic E-state index is 12.8. The Morgan fingerprint density at radius 1 is 1.44 bits per heavy atom. The largest absolute Gasteiger partial charge is 0.444 e. The molecule has 1 saturated carbocycles. The van der Waals surface area contributed by atoms with Crippen molar-refractivity contribution in [2.75, 3.05) is 12.3 Å². The number of hydrogen-bond donors (Lipinski definition) is 1. The molecule has 1 amide bonds. The van der Waals surface area contributed by atoms with Crippen molar-refractivity contribution in [2.24, 2.45) is 5.41 Å². The van der Waals surface area contributed by atoms with Gasteiger partial charge in [-0.3, -0.25) is 9.30 Å². The molecule has 1 atom stereocenters. The number of nitrogen functional groups attached to an aromatic ring is 1. The van der Waals surface area contributed by atoms with Gasteiger partial charge in [-0.1, -0.05) is 0 Å². The van der Waals surface area contributed by atoms with Crippen molar-refractivity contribution in [1.29, 1.82) is 0 Å². The molecule has 2 aliphatic rings. The molecule has 0 unspecified atom stereocenters. The maximum atomic E-state index is 12.8. The van der Waals surface area contributed by atoms with Crippen molar-refractivity contribution < 1.29 is 9.53 Å². The van der Waals surface area contributed by atoms with E-state index >= 15 is 0 Å². The van der Waals surface area contributed by atoms with E-state index < -0.39 is 5.60 Å². The summed E-state index contributed by atoms with van der Waals surface area (Å²) in [6, 6.07) is -0.127. The van der Waals surface area contributed by atoms with Gasteiger partial charge in [0.1, 0.15) is 21.5 Å². The van der Waals surface area contributed by atoms with Crippen molar-refractivity contribution in [2.45, 2.75) is 51.7 Å². The number of nitrogens with two attached hydrogens (primary N) is 1. The highest BCUT2D eigenvalue weighted by molar-refractivity contribution is 9.10. The van der Waals surface area contributed by atoms with Gasteiger partial charge in [0.05, 0.1) is 6.04 Å². The van der Waals surface area contributed by atoms with Crippen LogP contribution in [0.4, 0.5) is 10.6 Å². The fourth-order valence-electron chi connectivity index (χ4n) is 3.62. The third-order valence-corrected chi connectivity index (χ3v) is 5.51. The van der Waals surface area contributed by atoms with Crippen molar-refractivity contribution in [1.82, 2.24) is 19.3 Å². The Morgan fingerprint density at radius 3 is 2.80 bits per heavy atom. The number of rotatable bonds is 1. The van der Waals surface area contributed by atoms with Crippen LogP contribution >= 0.6 is 15.9 Å². The smallest absolute Gasteiger partial charge is 0.410 e. The summed E-state index contributed by atoms with van der Waals surface area (Å²) in [7, 11) is 0. The molecule has 1 aliphatic heterocycles. The van der Waals surface area contributed by atoms with E-state index in [4.69, 9.17) is 10.5 Å². The quantitative estimate of drug-likeness (QED) is 0.780. The molecule has 1 saturated heterocycles. The third kappa shape index (κ3) is 2.86. The highest BCUT2D eigenvalue weighted by Gasteiger charge is 2.55. The molecular formula is C17H22BrN5O2. The first kappa shape index (κ1) is 16.6. The van der Waals surface area contributed by atoms with Crippen LogP contribution in [0.1, 0.15) is 51.9 Å². The van der Waals surface area contributed by atoms with Crippen molar-refractivity contribution in [3.05, 3.63) is 22.8 Å². The Balaban J connectivity index is 1.75. The van der Waals surface area contributed by atoms with Gasteiger partial charge in [-0.15, -0.1) is 0 Å². The maximum Gasteiger partial charge on any atom is 0.410 e. The van der Waals surface area contributed by atoms with E-state index in [9.17, 15) is 4.79 Å². The van der Waals surface area contributed by atoms with Gasteiger partial charge in [-0.05, 0) is 61.4 Å². The first-order valence-corrected chi connectivity index (χ1v) is 9.26. The zero-order valence-corrected chi connectivity index (χ0v) is 16.2. The van der Waals surface area contributed by atoms with Gasteiger partial charge in [0, 0.05) is 18.9 Å². The molecule has 0 aromatic carbocycles. The summed E-state index contributed by atoms with van der Waals surface area (Å²) in [4.78, 5) is 23.4. The molecule has 1 aliphatic carbocycles. The second-order valence-corrected chi connectivity index (χ2v) is 8.87. The molecule has 2 aromatic rings. The lowest BCUT2D eigenvalue weighted by atomic mass is 10.0. The zero-order valence-electron chi connectivity index (χ0n) is 14.6. The van der Waals surface area contributed by atoms with Crippen LogP contribution in [0.3, 0.4) is 0 Å². The average molecular weight is 408 g/mol. The minimum absolute atomic E-state index is 0.127. The van der Waals surface area contributed by atoms with Crippen LogP contribution in [0.25, 0.3) is 5.52 Å². The Labute approximate surface area is 154 Å². The number of carbonyl (C=O) groups is 1. The first-order valence-electron chi connectivity index (χ1n) is 8.47. The lowest BCUT2D eigenvalue weighted by molar-refractivity contribution is 0.0211. The molecule has 134 valence electrons. The number of likely N-dealkylation sites (tertiary alicyclic amines) is 1. The van der Waals surface area contributed by atoms with E-state index in [1.54, 1.807) is 6.20 Å². The Hall–Kier alpha value is -1.83. The predicted molar refractivity (Wildman–Crippen MR) is 97.1 cm³/mol. The van der Waals surface area contributed by atoms with Crippen LogP contribution in [0.2, 0.25) is 0 Å². The predicted octanol–water partition coefficient (Wildman–Crippen LogP) is 3.54. The lowest BCUT2D eigenvalue weighted by Crippen LogP contribution is -2.37. The molecule has 7 nitrogen and oxygen atoms in total. The van der Waals surface area contributed by atoms with Gasteiger partial charge in [0.25, 0.3) is 0 Å². The molecule has 2 N–H and O–H groups in total. The number of nitrogens with zero attached hydrogens (tertiary/aromatic N) is 4. The van der Waals surface area contributed by atoms with Crippen LogP contribution in [-0.2, 0) is 4.74 Å². The fourth-order valence-corrected chi connectivity index (χ4v) is 4.19. The number of ether oxygens (including phenoxy) is 1. The van der Waals surface area contributed by atoms with Gasteiger partial charge in [-0.25, -0.2) is 14.8 Å². The van der Waals surface area contributed by atoms with Crippen LogP contribution in [0.15, 0.2) is 17.0 Å². The van der Waals surface area contributed by atoms with E-state index in [-0.39, 0.29) is 17.6 Å². The summed E-state index contributed by atoms with van der Waals surface area (Å²) in [5.41, 5.74) is 6.44. The molecule has 2 fully saturated rings. The average Bonchev–Trinajstić information content (AvgIpc) is 3.00. The monoisotopic (exact) mass is 407 g/mol. The van der Waals surface area contributed by atoms with E-state index in [1.165, 1.54) is 0 Å². The van der Waals surface area contributed by atoms with Gasteiger partial charge in [0.15, 0.2) is 5.82 Å². The molecule has 0 radical (unpaired) electrons. The second-order valence-electron chi connectivity index (χ2n) is 8.12. The van der Waals surface area contributed by atoms with Crippen LogP contribution < -0.4 is 5.73 Å². The molecular weight excluding hydrogens is 386 g/mol. The van der Waals surface area contributed by atoms with E-state index in [2.05, 4.69) is 25.9 Å². The van der Waals surface area contributed by atoms with Crippen LogP contribution in [-0.4, -0.2) is 37.5 Å². The molecule has 4 rings (SSSR count). The minimum Gasteiger partial charge on any atom is -0.444 e. The summed E-state index contributed by atoms with van der Waals surface area (Å²) in [6.45, 7) is 6.38.